The molecule has 1 atom stereocenters. The Kier molecular flexibility index (Phi) is 5.39. The Bertz CT molecular complexity index is 732. The number of nitrogens with one attached hydrogen (secondary N) is 2. The van der Waals surface area contributed by atoms with Crippen molar-refractivity contribution in [2.24, 2.45) is 5.92 Å². The number of aromatic nitrogens is 3. The van der Waals surface area contributed by atoms with Crippen molar-refractivity contribution in [2.45, 2.75) is 6.42 Å². The van der Waals surface area contributed by atoms with Gasteiger partial charge in [0.05, 0.1) is 13.2 Å². The van der Waals surface area contributed by atoms with Crippen molar-refractivity contribution >= 4 is 11.8 Å². The number of carbonyl (C=O) groups is 2. The molecule has 0 saturated carbocycles. The van der Waals surface area contributed by atoms with Gasteiger partial charge in [-0.05, 0) is 24.6 Å². The number of amides is 2. The van der Waals surface area contributed by atoms with E-state index in [0.717, 1.165) is 5.69 Å². The molecular weight excluding hydrogens is 322 g/mol. The number of H-pyrrole nitrogens is 1. The highest BCUT2D eigenvalue weighted by atomic mass is 16.5. The number of carbonyl (C=O) groups excluding carboxylic acids is 2. The number of hydrogen-bond donors (Lipinski definition) is 2. The van der Waals surface area contributed by atoms with Crippen LogP contribution >= 0.6 is 0 Å². The normalized spacial score (nSPS) is 17.8. The summed E-state index contributed by atoms with van der Waals surface area (Å²) in [5.74, 6) is -0.183. The molecule has 2 amide bonds. The van der Waals surface area contributed by atoms with Gasteiger partial charge in [0.1, 0.15) is 11.4 Å². The van der Waals surface area contributed by atoms with Crippen molar-refractivity contribution in [3.63, 3.8) is 0 Å². The summed E-state index contributed by atoms with van der Waals surface area (Å²) in [6.45, 7) is 2.17. The quantitative estimate of drug-likeness (QED) is 0.842. The molecule has 1 aliphatic rings. The van der Waals surface area contributed by atoms with E-state index in [1.807, 2.05) is 12.1 Å². The Morgan fingerprint density at radius 3 is 3.04 bits per heavy atom. The van der Waals surface area contributed by atoms with Crippen molar-refractivity contribution in [2.75, 3.05) is 33.4 Å². The lowest BCUT2D eigenvalue weighted by atomic mass is 10.0. The minimum Gasteiger partial charge on any atom is -0.379 e. The fourth-order valence-corrected chi connectivity index (χ4v) is 2.88. The lowest BCUT2D eigenvalue weighted by Gasteiger charge is -2.23. The van der Waals surface area contributed by atoms with E-state index >= 15 is 0 Å². The van der Waals surface area contributed by atoms with Gasteiger partial charge >= 0.3 is 0 Å². The van der Waals surface area contributed by atoms with E-state index < -0.39 is 0 Å². The van der Waals surface area contributed by atoms with Crippen molar-refractivity contribution in [3.8, 4) is 0 Å². The SMILES string of the molecule is CNC(=O)c1cccc(C[C@@H]2COCCN(C(=O)c3ccn[nH]3)C2)n1. The first-order valence-corrected chi connectivity index (χ1v) is 8.22. The zero-order valence-electron chi connectivity index (χ0n) is 14.1. The molecule has 2 N–H and O–H groups in total. The monoisotopic (exact) mass is 343 g/mol. The lowest BCUT2D eigenvalue weighted by Crippen LogP contribution is -2.36. The molecule has 0 aromatic carbocycles. The molecule has 0 bridgehead atoms. The Morgan fingerprint density at radius 2 is 2.28 bits per heavy atom. The van der Waals surface area contributed by atoms with E-state index in [9.17, 15) is 9.59 Å². The number of nitrogens with zero attached hydrogens (tertiary/aromatic N) is 3. The van der Waals surface area contributed by atoms with E-state index in [2.05, 4.69) is 20.5 Å². The van der Waals surface area contributed by atoms with E-state index in [1.54, 1.807) is 30.3 Å². The molecule has 3 rings (SSSR count). The Labute approximate surface area is 145 Å². The van der Waals surface area contributed by atoms with E-state index in [1.165, 1.54) is 0 Å². The Morgan fingerprint density at radius 1 is 1.40 bits per heavy atom. The van der Waals surface area contributed by atoms with Crippen LogP contribution < -0.4 is 5.32 Å². The maximum atomic E-state index is 12.5. The minimum atomic E-state index is -0.213. The van der Waals surface area contributed by atoms with E-state index in [-0.39, 0.29) is 17.7 Å². The summed E-state index contributed by atoms with van der Waals surface area (Å²) in [6, 6.07) is 7.05. The largest absolute Gasteiger partial charge is 0.379 e. The first kappa shape index (κ1) is 17.1. The van der Waals surface area contributed by atoms with Gasteiger partial charge < -0.3 is 15.0 Å². The van der Waals surface area contributed by atoms with Gasteiger partial charge in [0.25, 0.3) is 11.8 Å². The zero-order valence-corrected chi connectivity index (χ0v) is 14.1. The molecule has 1 aliphatic heterocycles. The maximum absolute atomic E-state index is 12.5. The Balaban J connectivity index is 1.69. The Hall–Kier alpha value is -2.74. The lowest BCUT2D eigenvalue weighted by molar-refractivity contribution is 0.0731. The third-order valence-corrected chi connectivity index (χ3v) is 4.12. The smallest absolute Gasteiger partial charge is 0.271 e. The highest BCUT2D eigenvalue weighted by Gasteiger charge is 2.24. The zero-order chi connectivity index (χ0) is 17.6. The molecule has 2 aromatic heterocycles. The minimum absolute atomic E-state index is 0.0833. The molecule has 2 aromatic rings. The second-order valence-corrected chi connectivity index (χ2v) is 5.96. The molecule has 1 fully saturated rings. The molecule has 3 heterocycles. The number of rotatable bonds is 4. The van der Waals surface area contributed by atoms with Gasteiger partial charge in [-0.2, -0.15) is 5.10 Å². The van der Waals surface area contributed by atoms with Crippen molar-refractivity contribution < 1.29 is 14.3 Å². The third-order valence-electron chi connectivity index (χ3n) is 4.12. The van der Waals surface area contributed by atoms with Crippen molar-refractivity contribution in [1.29, 1.82) is 0 Å². The fourth-order valence-electron chi connectivity index (χ4n) is 2.88. The predicted molar refractivity (Wildman–Crippen MR) is 90.1 cm³/mol. The molecule has 25 heavy (non-hydrogen) atoms. The highest BCUT2D eigenvalue weighted by molar-refractivity contribution is 5.92. The fraction of sp³-hybridized carbons (Fsp3) is 0.412. The van der Waals surface area contributed by atoms with Crippen LogP contribution in [-0.4, -0.2) is 65.2 Å². The van der Waals surface area contributed by atoms with Crippen LogP contribution in [0.4, 0.5) is 0 Å². The van der Waals surface area contributed by atoms with Gasteiger partial charge in [0.2, 0.25) is 0 Å². The summed E-state index contributed by atoms with van der Waals surface area (Å²) in [5.41, 5.74) is 1.67. The predicted octanol–water partition coefficient (Wildman–Crippen LogP) is 0.496. The first-order chi connectivity index (χ1) is 12.2. The summed E-state index contributed by atoms with van der Waals surface area (Å²) in [7, 11) is 1.58. The van der Waals surface area contributed by atoms with Crippen LogP contribution in [0.3, 0.4) is 0 Å². The van der Waals surface area contributed by atoms with Gasteiger partial charge in [-0.25, -0.2) is 4.98 Å². The summed E-state index contributed by atoms with van der Waals surface area (Å²) < 4.78 is 5.65. The van der Waals surface area contributed by atoms with Crippen LogP contribution in [0.15, 0.2) is 30.5 Å². The summed E-state index contributed by atoms with van der Waals surface area (Å²) in [6.07, 6.45) is 2.20. The van der Waals surface area contributed by atoms with Gasteiger partial charge in [0.15, 0.2) is 0 Å². The summed E-state index contributed by atoms with van der Waals surface area (Å²) in [4.78, 5) is 30.4. The van der Waals surface area contributed by atoms with Gasteiger partial charge in [-0.1, -0.05) is 6.07 Å². The van der Waals surface area contributed by atoms with Crippen LogP contribution in [-0.2, 0) is 11.2 Å². The average Bonchev–Trinajstić information content (AvgIpc) is 3.08. The van der Waals surface area contributed by atoms with Crippen LogP contribution in [0.5, 0.6) is 0 Å². The molecule has 0 spiro atoms. The van der Waals surface area contributed by atoms with Gasteiger partial charge in [-0.15, -0.1) is 0 Å². The number of hydrogen-bond acceptors (Lipinski definition) is 5. The second kappa shape index (κ2) is 7.89. The van der Waals surface area contributed by atoms with Crippen LogP contribution in [0.2, 0.25) is 0 Å². The molecular formula is C17H21N5O3. The van der Waals surface area contributed by atoms with Crippen LogP contribution in [0, 0.1) is 5.92 Å². The number of aromatic amines is 1. The number of pyridine rings is 1. The summed E-state index contributed by atoms with van der Waals surface area (Å²) in [5, 5.41) is 9.11. The molecule has 8 nitrogen and oxygen atoms in total. The van der Waals surface area contributed by atoms with Crippen molar-refractivity contribution in [1.82, 2.24) is 25.4 Å². The maximum Gasteiger partial charge on any atom is 0.271 e. The average molecular weight is 343 g/mol. The molecule has 8 heteroatoms. The van der Waals surface area contributed by atoms with E-state index in [4.69, 9.17) is 4.74 Å². The van der Waals surface area contributed by atoms with Gasteiger partial charge in [0, 0.05) is 37.9 Å². The first-order valence-electron chi connectivity index (χ1n) is 8.22. The van der Waals surface area contributed by atoms with E-state index in [0.29, 0.717) is 44.1 Å². The molecule has 0 unspecified atom stereocenters. The second-order valence-electron chi connectivity index (χ2n) is 5.96. The molecule has 0 aliphatic carbocycles. The van der Waals surface area contributed by atoms with Crippen LogP contribution in [0.25, 0.3) is 0 Å². The van der Waals surface area contributed by atoms with Gasteiger partial charge in [-0.3, -0.25) is 14.7 Å². The highest BCUT2D eigenvalue weighted by Crippen LogP contribution is 2.15. The molecule has 1 saturated heterocycles. The third kappa shape index (κ3) is 4.21. The van der Waals surface area contributed by atoms with Crippen LogP contribution in [0.1, 0.15) is 26.7 Å². The standard InChI is InChI=1S/C17H21N5O3/c1-18-16(23)14-4-2-3-13(20-14)9-12-10-22(7-8-25-11-12)17(24)15-5-6-19-21-15/h2-6,12H,7-11H2,1H3,(H,18,23)(H,19,21)/t12-/m0/s1. The molecule has 0 radical (unpaired) electrons. The summed E-state index contributed by atoms with van der Waals surface area (Å²) >= 11 is 0. The topological polar surface area (TPSA) is 100 Å². The number of ether oxygens (including phenoxy) is 1. The van der Waals surface area contributed by atoms with Crippen molar-refractivity contribution in [3.05, 3.63) is 47.5 Å². The molecule has 132 valence electrons.